The van der Waals surface area contributed by atoms with Crippen LogP contribution in [-0.2, 0) is 13.0 Å². The number of para-hydroxylation sites is 2. The van der Waals surface area contributed by atoms with Gasteiger partial charge in [0.15, 0.2) is 0 Å². The minimum Gasteiger partial charge on any atom is -0.497 e. The van der Waals surface area contributed by atoms with Gasteiger partial charge in [-0.2, -0.15) is 0 Å². The summed E-state index contributed by atoms with van der Waals surface area (Å²) in [5, 5.41) is 5.52. The second-order valence-corrected chi connectivity index (χ2v) is 8.33. The molecule has 1 amide bonds. The number of nitrogens with zero attached hydrogens (tertiary/aromatic N) is 2. The van der Waals surface area contributed by atoms with Crippen molar-refractivity contribution in [2.75, 3.05) is 13.7 Å². The van der Waals surface area contributed by atoms with Crippen LogP contribution in [0.15, 0.2) is 91.0 Å². The number of imidazole rings is 1. The Morgan fingerprint density at radius 3 is 2.53 bits per heavy atom. The van der Waals surface area contributed by atoms with Crippen molar-refractivity contribution in [3.05, 3.63) is 108 Å². The van der Waals surface area contributed by atoms with Crippen molar-refractivity contribution in [1.82, 2.24) is 14.9 Å². The molecular weight excluding hydrogens is 422 g/mol. The maximum absolute atomic E-state index is 12.5. The highest BCUT2D eigenvalue weighted by molar-refractivity contribution is 5.94. The largest absolute Gasteiger partial charge is 0.497 e. The van der Waals surface area contributed by atoms with Crippen LogP contribution in [0.25, 0.3) is 21.8 Å². The summed E-state index contributed by atoms with van der Waals surface area (Å²) in [5.41, 5.74) is 4.03. The third-order valence-corrected chi connectivity index (χ3v) is 6.16. The minimum atomic E-state index is -0.0769. The molecule has 0 aliphatic carbocycles. The van der Waals surface area contributed by atoms with Gasteiger partial charge < -0.3 is 14.6 Å². The van der Waals surface area contributed by atoms with E-state index in [0.717, 1.165) is 42.0 Å². The lowest BCUT2D eigenvalue weighted by Gasteiger charge is -2.12. The van der Waals surface area contributed by atoms with Gasteiger partial charge >= 0.3 is 0 Å². The number of nitrogens with one attached hydrogen (secondary N) is 1. The van der Waals surface area contributed by atoms with Gasteiger partial charge in [-0.05, 0) is 59.2 Å². The van der Waals surface area contributed by atoms with Gasteiger partial charge in [0.1, 0.15) is 11.6 Å². The molecule has 0 spiro atoms. The van der Waals surface area contributed by atoms with Crippen LogP contribution in [-0.4, -0.2) is 29.1 Å². The van der Waals surface area contributed by atoms with E-state index in [1.54, 1.807) is 31.4 Å². The molecule has 34 heavy (non-hydrogen) atoms. The average Bonchev–Trinajstić information content (AvgIpc) is 3.24. The summed E-state index contributed by atoms with van der Waals surface area (Å²) in [6, 6.07) is 30.4. The Labute approximate surface area is 199 Å². The Morgan fingerprint density at radius 2 is 1.68 bits per heavy atom. The zero-order valence-corrected chi connectivity index (χ0v) is 19.2. The summed E-state index contributed by atoms with van der Waals surface area (Å²) in [6.45, 7) is 1.34. The Balaban J connectivity index is 1.31. The Morgan fingerprint density at radius 1 is 0.912 bits per heavy atom. The Kier molecular flexibility index (Phi) is 6.25. The summed E-state index contributed by atoms with van der Waals surface area (Å²) in [4.78, 5) is 17.4. The molecule has 0 unspecified atom stereocenters. The van der Waals surface area contributed by atoms with E-state index in [1.165, 1.54) is 16.3 Å². The van der Waals surface area contributed by atoms with Gasteiger partial charge in [-0.25, -0.2) is 4.98 Å². The van der Waals surface area contributed by atoms with Crippen molar-refractivity contribution in [2.45, 2.75) is 19.4 Å². The highest BCUT2D eigenvalue weighted by atomic mass is 16.5. The number of ether oxygens (including phenoxy) is 1. The van der Waals surface area contributed by atoms with E-state index >= 15 is 0 Å². The summed E-state index contributed by atoms with van der Waals surface area (Å²) in [6.07, 6.45) is 1.59. The van der Waals surface area contributed by atoms with Gasteiger partial charge in [0, 0.05) is 25.1 Å². The van der Waals surface area contributed by atoms with Gasteiger partial charge in [-0.1, -0.05) is 54.6 Å². The quantitative estimate of drug-likeness (QED) is 0.313. The van der Waals surface area contributed by atoms with Crippen molar-refractivity contribution in [3.63, 3.8) is 0 Å². The number of methoxy groups -OCH3 is 1. The molecule has 170 valence electrons. The molecule has 0 fully saturated rings. The first-order valence-electron chi connectivity index (χ1n) is 11.6. The van der Waals surface area contributed by atoms with Gasteiger partial charge in [0.25, 0.3) is 5.91 Å². The molecular formula is C29H27N3O2. The summed E-state index contributed by atoms with van der Waals surface area (Å²) in [5.74, 6) is 1.70. The maximum Gasteiger partial charge on any atom is 0.251 e. The average molecular weight is 450 g/mol. The highest BCUT2D eigenvalue weighted by Crippen LogP contribution is 2.23. The van der Waals surface area contributed by atoms with Crippen LogP contribution >= 0.6 is 0 Å². The van der Waals surface area contributed by atoms with E-state index in [1.807, 2.05) is 6.07 Å². The highest BCUT2D eigenvalue weighted by Gasteiger charge is 2.13. The lowest BCUT2D eigenvalue weighted by Crippen LogP contribution is -2.25. The molecule has 5 aromatic rings. The molecule has 1 heterocycles. The molecule has 1 N–H and O–H groups in total. The van der Waals surface area contributed by atoms with Crippen molar-refractivity contribution in [3.8, 4) is 5.75 Å². The molecule has 0 atom stereocenters. The Bertz CT molecular complexity index is 1430. The van der Waals surface area contributed by atoms with Crippen LogP contribution in [0.1, 0.15) is 28.2 Å². The molecule has 5 nitrogen and oxygen atoms in total. The molecule has 0 aliphatic heterocycles. The topological polar surface area (TPSA) is 56.1 Å². The third kappa shape index (κ3) is 4.50. The second kappa shape index (κ2) is 9.79. The predicted octanol–water partition coefficient (Wildman–Crippen LogP) is 5.61. The van der Waals surface area contributed by atoms with Crippen molar-refractivity contribution in [2.24, 2.45) is 0 Å². The van der Waals surface area contributed by atoms with Gasteiger partial charge in [-0.15, -0.1) is 0 Å². The van der Waals surface area contributed by atoms with E-state index in [4.69, 9.17) is 9.72 Å². The molecule has 0 bridgehead atoms. The van der Waals surface area contributed by atoms with E-state index in [2.05, 4.69) is 70.5 Å². The zero-order valence-electron chi connectivity index (χ0n) is 19.2. The Hall–Kier alpha value is -4.12. The number of hydrogen-bond acceptors (Lipinski definition) is 3. The van der Waals surface area contributed by atoms with Gasteiger partial charge in [-0.3, -0.25) is 4.79 Å². The van der Waals surface area contributed by atoms with Crippen molar-refractivity contribution < 1.29 is 9.53 Å². The van der Waals surface area contributed by atoms with Crippen LogP contribution in [0, 0.1) is 0 Å². The molecule has 0 saturated carbocycles. The third-order valence-electron chi connectivity index (χ3n) is 6.16. The number of amides is 1. The minimum absolute atomic E-state index is 0.0769. The van der Waals surface area contributed by atoms with Crippen molar-refractivity contribution in [1.29, 1.82) is 0 Å². The number of aromatic nitrogens is 2. The normalized spacial score (nSPS) is 11.1. The molecule has 0 aliphatic rings. The number of fused-ring (bicyclic) bond motifs is 2. The lowest BCUT2D eigenvalue weighted by atomic mass is 10.0. The predicted molar refractivity (Wildman–Crippen MR) is 136 cm³/mol. The first-order chi connectivity index (χ1) is 16.7. The summed E-state index contributed by atoms with van der Waals surface area (Å²) in [7, 11) is 1.61. The molecule has 0 radical (unpaired) electrons. The number of benzene rings is 4. The first kappa shape index (κ1) is 21.7. The van der Waals surface area contributed by atoms with E-state index in [9.17, 15) is 4.79 Å². The molecule has 1 aromatic heterocycles. The number of aryl methyl sites for hydroxylation is 1. The first-order valence-corrected chi connectivity index (χ1v) is 11.6. The molecule has 0 saturated heterocycles. The second-order valence-electron chi connectivity index (χ2n) is 8.33. The van der Waals surface area contributed by atoms with Crippen LogP contribution in [0.5, 0.6) is 5.75 Å². The molecule has 5 heteroatoms. The van der Waals surface area contributed by atoms with Gasteiger partial charge in [0.05, 0.1) is 18.1 Å². The number of carbonyl (C=O) groups excluding carboxylic acids is 1. The van der Waals surface area contributed by atoms with Crippen LogP contribution in [0.3, 0.4) is 0 Å². The van der Waals surface area contributed by atoms with Crippen LogP contribution < -0.4 is 10.1 Å². The van der Waals surface area contributed by atoms with E-state index in [-0.39, 0.29) is 5.91 Å². The number of rotatable bonds is 8. The smallest absolute Gasteiger partial charge is 0.251 e. The monoisotopic (exact) mass is 449 g/mol. The fourth-order valence-electron chi connectivity index (χ4n) is 4.39. The van der Waals surface area contributed by atoms with Crippen LogP contribution in [0.4, 0.5) is 0 Å². The van der Waals surface area contributed by atoms with E-state index < -0.39 is 0 Å². The molecule has 5 rings (SSSR count). The standard InChI is InChI=1S/C29H27N3O2/c1-34-24-17-15-22(16-18-24)29(33)30-19-7-14-28-31-26-12-4-5-13-27(26)32(28)20-23-10-6-9-21-8-2-3-11-25(21)23/h2-6,8-13,15-18H,7,14,19-20H2,1H3,(H,30,33). The van der Waals surface area contributed by atoms with Crippen molar-refractivity contribution >= 4 is 27.7 Å². The summed E-state index contributed by atoms with van der Waals surface area (Å²) < 4.78 is 7.47. The number of carbonyl (C=O) groups is 1. The molecule has 4 aromatic carbocycles. The zero-order chi connectivity index (χ0) is 23.3. The lowest BCUT2D eigenvalue weighted by molar-refractivity contribution is 0.0953. The summed E-state index contributed by atoms with van der Waals surface area (Å²) >= 11 is 0. The van der Waals surface area contributed by atoms with Crippen LogP contribution in [0.2, 0.25) is 0 Å². The fourth-order valence-corrected chi connectivity index (χ4v) is 4.39. The van der Waals surface area contributed by atoms with Gasteiger partial charge in [0.2, 0.25) is 0 Å². The SMILES string of the molecule is COc1ccc(C(=O)NCCCc2nc3ccccc3n2Cc2cccc3ccccc23)cc1. The fraction of sp³-hybridized carbons (Fsp3) is 0.172. The number of hydrogen-bond donors (Lipinski definition) is 1. The maximum atomic E-state index is 12.5. The van der Waals surface area contributed by atoms with E-state index in [0.29, 0.717) is 12.1 Å².